The Hall–Kier alpha value is -0.980. The fourth-order valence-corrected chi connectivity index (χ4v) is 1.73. The predicted molar refractivity (Wildman–Crippen MR) is 69.5 cm³/mol. The van der Waals surface area contributed by atoms with Crippen LogP contribution in [0.4, 0.5) is 0 Å². The van der Waals surface area contributed by atoms with Crippen LogP contribution in [0.1, 0.15) is 23.7 Å². The lowest BCUT2D eigenvalue weighted by atomic mass is 10.2. The van der Waals surface area contributed by atoms with Crippen LogP contribution in [0.2, 0.25) is 5.02 Å². The summed E-state index contributed by atoms with van der Waals surface area (Å²) in [5, 5.41) is 3.13. The summed E-state index contributed by atoms with van der Waals surface area (Å²) < 4.78 is 0.802. The first kappa shape index (κ1) is 13.1. The number of benzene rings is 1. The zero-order valence-corrected chi connectivity index (χ0v) is 11.1. The third-order valence-corrected chi connectivity index (χ3v) is 2.91. The molecule has 0 bridgehead atoms. The Morgan fingerprint density at radius 1 is 1.69 bits per heavy atom. The van der Waals surface area contributed by atoms with E-state index in [1.807, 2.05) is 6.92 Å². The van der Waals surface area contributed by atoms with Crippen LogP contribution in [0.3, 0.4) is 0 Å². The maximum Gasteiger partial charge on any atom is 0.253 e. The Bertz CT molecular complexity index is 439. The lowest BCUT2D eigenvalue weighted by Crippen LogP contribution is -2.33. The molecule has 1 N–H and O–H groups in total. The fraction of sp³-hybridized carbons (Fsp3) is 0.250. The number of rotatable bonds is 3. The van der Waals surface area contributed by atoms with Crippen LogP contribution in [-0.2, 0) is 0 Å². The number of amides is 1. The molecule has 2 nitrogen and oxygen atoms in total. The largest absolute Gasteiger partial charge is 0.338 e. The van der Waals surface area contributed by atoms with E-state index >= 15 is 0 Å². The molecule has 1 rings (SSSR count). The van der Waals surface area contributed by atoms with E-state index in [1.54, 1.807) is 18.2 Å². The summed E-state index contributed by atoms with van der Waals surface area (Å²) in [5.74, 6) is 2.25. The van der Waals surface area contributed by atoms with Crippen molar-refractivity contribution < 1.29 is 4.79 Å². The van der Waals surface area contributed by atoms with Gasteiger partial charge in [-0.05, 0) is 24.6 Å². The minimum absolute atomic E-state index is 0.254. The molecule has 0 saturated carbocycles. The van der Waals surface area contributed by atoms with Crippen LogP contribution in [0.5, 0.6) is 0 Å². The summed E-state index contributed by atoms with van der Waals surface area (Å²) in [4.78, 5) is 11.8. The van der Waals surface area contributed by atoms with Gasteiger partial charge in [-0.25, -0.2) is 0 Å². The normalized spacial score (nSPS) is 11.6. The molecule has 0 radical (unpaired) electrons. The molecular weight excluding hydrogens is 289 g/mol. The van der Waals surface area contributed by atoms with E-state index in [9.17, 15) is 4.79 Å². The number of carbonyl (C=O) groups excluding carboxylic acids is 1. The second kappa shape index (κ2) is 5.93. The van der Waals surface area contributed by atoms with Gasteiger partial charge in [-0.3, -0.25) is 4.79 Å². The molecule has 0 fully saturated rings. The van der Waals surface area contributed by atoms with E-state index in [4.69, 9.17) is 18.0 Å². The summed E-state index contributed by atoms with van der Waals surface area (Å²) in [6.45, 7) is 1.91. The quantitative estimate of drug-likeness (QED) is 0.853. The third kappa shape index (κ3) is 3.26. The molecule has 0 aliphatic carbocycles. The van der Waals surface area contributed by atoms with Crippen molar-refractivity contribution in [3.63, 3.8) is 0 Å². The molecule has 1 unspecified atom stereocenters. The molecule has 1 aromatic rings. The molecule has 84 valence electrons. The lowest BCUT2D eigenvalue weighted by molar-refractivity contribution is 0.0945. The molecule has 1 amide bonds. The monoisotopic (exact) mass is 299 g/mol. The van der Waals surface area contributed by atoms with Crippen molar-refractivity contribution in [1.29, 1.82) is 0 Å². The summed E-state index contributed by atoms with van der Waals surface area (Å²) in [6, 6.07) is 4.85. The molecular formula is C12H11BrClNO. The van der Waals surface area contributed by atoms with Crippen LogP contribution >= 0.6 is 27.5 Å². The Kier molecular flexibility index (Phi) is 4.85. The van der Waals surface area contributed by atoms with E-state index in [-0.39, 0.29) is 11.9 Å². The molecule has 4 heteroatoms. The van der Waals surface area contributed by atoms with Gasteiger partial charge in [-0.1, -0.05) is 40.4 Å². The smallest absolute Gasteiger partial charge is 0.253 e. The topological polar surface area (TPSA) is 29.1 Å². The zero-order valence-electron chi connectivity index (χ0n) is 8.76. The number of hydrogen-bond acceptors (Lipinski definition) is 1. The van der Waals surface area contributed by atoms with E-state index in [2.05, 4.69) is 27.2 Å². The fourth-order valence-electron chi connectivity index (χ4n) is 1.17. The molecule has 0 aliphatic rings. The summed E-state index contributed by atoms with van der Waals surface area (Å²) >= 11 is 9.21. The number of nitrogens with one attached hydrogen (secondary N) is 1. The maximum absolute atomic E-state index is 11.8. The van der Waals surface area contributed by atoms with Crippen molar-refractivity contribution >= 4 is 33.4 Å². The van der Waals surface area contributed by atoms with E-state index < -0.39 is 0 Å². The van der Waals surface area contributed by atoms with Crippen molar-refractivity contribution in [2.75, 3.05) is 0 Å². The van der Waals surface area contributed by atoms with Crippen LogP contribution in [0.25, 0.3) is 0 Å². The molecule has 0 heterocycles. The Morgan fingerprint density at radius 3 is 2.94 bits per heavy atom. The zero-order chi connectivity index (χ0) is 12.1. The third-order valence-electron chi connectivity index (χ3n) is 2.09. The molecule has 1 aromatic carbocycles. The average Bonchev–Trinajstić information content (AvgIpc) is 2.28. The SMILES string of the molecule is C#CC(CC)NC(=O)c1cc(Br)ccc1Cl. The van der Waals surface area contributed by atoms with Gasteiger partial charge in [-0.15, -0.1) is 6.42 Å². The molecule has 16 heavy (non-hydrogen) atoms. The first-order valence-electron chi connectivity index (χ1n) is 4.80. The number of carbonyl (C=O) groups is 1. The Morgan fingerprint density at radius 2 is 2.38 bits per heavy atom. The molecule has 0 aliphatic heterocycles. The van der Waals surface area contributed by atoms with Gasteiger partial charge in [0.15, 0.2) is 0 Å². The number of halogens is 2. The standard InChI is InChI=1S/C12H11BrClNO/c1-3-9(4-2)15-12(16)10-7-8(13)5-6-11(10)14/h1,5-7,9H,4H2,2H3,(H,15,16). The van der Waals surface area contributed by atoms with Gasteiger partial charge in [-0.2, -0.15) is 0 Å². The van der Waals surface area contributed by atoms with Gasteiger partial charge in [0.2, 0.25) is 0 Å². The average molecular weight is 301 g/mol. The highest BCUT2D eigenvalue weighted by Crippen LogP contribution is 2.20. The van der Waals surface area contributed by atoms with Crippen LogP contribution in [0.15, 0.2) is 22.7 Å². The molecule has 0 spiro atoms. The van der Waals surface area contributed by atoms with E-state index in [0.717, 1.165) is 4.47 Å². The van der Waals surface area contributed by atoms with Crippen molar-refractivity contribution in [3.8, 4) is 12.3 Å². The lowest BCUT2D eigenvalue weighted by Gasteiger charge is -2.11. The van der Waals surface area contributed by atoms with Crippen molar-refractivity contribution in [2.24, 2.45) is 0 Å². The first-order valence-corrected chi connectivity index (χ1v) is 5.97. The summed E-state index contributed by atoms with van der Waals surface area (Å²) in [7, 11) is 0. The van der Waals surface area contributed by atoms with Crippen molar-refractivity contribution in [1.82, 2.24) is 5.32 Å². The maximum atomic E-state index is 11.8. The van der Waals surface area contributed by atoms with Gasteiger partial charge in [0.25, 0.3) is 5.91 Å². The van der Waals surface area contributed by atoms with Gasteiger partial charge in [0, 0.05) is 4.47 Å². The van der Waals surface area contributed by atoms with Crippen LogP contribution < -0.4 is 5.32 Å². The first-order chi connectivity index (χ1) is 7.58. The minimum Gasteiger partial charge on any atom is -0.338 e. The Balaban J connectivity index is 2.89. The Labute approximate surface area is 109 Å². The minimum atomic E-state index is -0.262. The highest BCUT2D eigenvalue weighted by molar-refractivity contribution is 9.10. The van der Waals surface area contributed by atoms with Crippen molar-refractivity contribution in [3.05, 3.63) is 33.3 Å². The highest BCUT2D eigenvalue weighted by atomic mass is 79.9. The number of terminal acetylenes is 1. The van der Waals surface area contributed by atoms with Gasteiger partial charge in [0.05, 0.1) is 16.6 Å². The molecule has 0 aromatic heterocycles. The number of hydrogen-bond donors (Lipinski definition) is 1. The second-order valence-corrected chi connectivity index (χ2v) is 4.55. The summed E-state index contributed by atoms with van der Waals surface area (Å²) in [6.07, 6.45) is 5.96. The molecule has 0 saturated heterocycles. The van der Waals surface area contributed by atoms with Gasteiger partial charge < -0.3 is 5.32 Å². The molecule has 1 atom stereocenters. The van der Waals surface area contributed by atoms with Gasteiger partial charge >= 0.3 is 0 Å². The van der Waals surface area contributed by atoms with E-state index in [0.29, 0.717) is 17.0 Å². The van der Waals surface area contributed by atoms with Crippen LogP contribution in [0, 0.1) is 12.3 Å². The highest BCUT2D eigenvalue weighted by Gasteiger charge is 2.13. The van der Waals surface area contributed by atoms with Gasteiger partial charge in [0.1, 0.15) is 0 Å². The summed E-state index contributed by atoms with van der Waals surface area (Å²) in [5.41, 5.74) is 0.421. The van der Waals surface area contributed by atoms with Crippen molar-refractivity contribution in [2.45, 2.75) is 19.4 Å². The second-order valence-electron chi connectivity index (χ2n) is 3.23. The predicted octanol–water partition coefficient (Wildman–Crippen LogP) is 3.24. The van der Waals surface area contributed by atoms with Crippen LogP contribution in [-0.4, -0.2) is 11.9 Å². The van der Waals surface area contributed by atoms with E-state index in [1.165, 1.54) is 0 Å².